The second kappa shape index (κ2) is 7.58. The molecule has 1 amide bonds. The fourth-order valence-electron chi connectivity index (χ4n) is 4.10. The summed E-state index contributed by atoms with van der Waals surface area (Å²) in [5.41, 5.74) is 2.26. The lowest BCUT2D eigenvalue weighted by Gasteiger charge is -2.32. The van der Waals surface area contributed by atoms with Crippen LogP contribution in [0.3, 0.4) is 0 Å². The molecule has 1 aliphatic rings. The molecule has 1 fully saturated rings. The van der Waals surface area contributed by atoms with Gasteiger partial charge in [-0.1, -0.05) is 49.4 Å². The van der Waals surface area contributed by atoms with Gasteiger partial charge in [-0.05, 0) is 36.1 Å². The Morgan fingerprint density at radius 1 is 1.14 bits per heavy atom. The number of hydrogen-bond donors (Lipinski definition) is 0. The maximum absolute atomic E-state index is 13.3. The zero-order chi connectivity index (χ0) is 19.7. The Balaban J connectivity index is 1.57. The highest BCUT2D eigenvalue weighted by Gasteiger charge is 2.31. The molecule has 0 radical (unpaired) electrons. The van der Waals surface area contributed by atoms with Crippen molar-refractivity contribution in [3.8, 4) is 0 Å². The van der Waals surface area contributed by atoms with E-state index in [0.29, 0.717) is 18.8 Å². The molecule has 0 N–H and O–H groups in total. The van der Waals surface area contributed by atoms with Crippen LogP contribution in [0.15, 0.2) is 48.5 Å². The van der Waals surface area contributed by atoms with Crippen molar-refractivity contribution >= 4 is 22.5 Å². The van der Waals surface area contributed by atoms with E-state index < -0.39 is 0 Å². The van der Waals surface area contributed by atoms with Crippen molar-refractivity contribution in [1.82, 2.24) is 14.7 Å². The zero-order valence-corrected chi connectivity index (χ0v) is 16.4. The Morgan fingerprint density at radius 3 is 2.71 bits per heavy atom. The van der Waals surface area contributed by atoms with Crippen molar-refractivity contribution in [2.24, 2.45) is 13.0 Å². The molecule has 0 unspecified atom stereocenters. The topological polar surface area (TPSA) is 55.2 Å². The highest BCUT2D eigenvalue weighted by molar-refractivity contribution is 6.09. The third kappa shape index (κ3) is 3.33. The fraction of sp³-hybridized carbons (Fsp3) is 0.348. The number of piperidine rings is 1. The van der Waals surface area contributed by atoms with E-state index >= 15 is 0 Å². The number of carbonyl (C=O) groups is 2. The summed E-state index contributed by atoms with van der Waals surface area (Å²) in [5, 5.41) is 6.44. The molecule has 0 spiro atoms. The minimum Gasteiger partial charge on any atom is -0.337 e. The lowest BCUT2D eigenvalue weighted by atomic mass is 9.88. The summed E-state index contributed by atoms with van der Waals surface area (Å²) < 4.78 is 1.65. The van der Waals surface area contributed by atoms with Gasteiger partial charge in [0.2, 0.25) is 0 Å². The highest BCUT2D eigenvalue weighted by atomic mass is 16.2. The Hall–Kier alpha value is -2.95. The monoisotopic (exact) mass is 375 g/mol. The third-order valence-corrected chi connectivity index (χ3v) is 5.65. The number of aromatic nitrogens is 2. The molecule has 5 nitrogen and oxygen atoms in total. The minimum atomic E-state index is -0.164. The summed E-state index contributed by atoms with van der Waals surface area (Å²) in [7, 11) is 1.80. The maximum Gasteiger partial charge on any atom is 0.272 e. The van der Waals surface area contributed by atoms with E-state index in [1.54, 1.807) is 11.7 Å². The standard InChI is InChI=1S/C23H25N3O2/c1-3-18-14-21(25(2)24-18)23(28)26-13-7-10-17(15-26)22(27)20-12-6-9-16-8-4-5-11-19(16)20/h4-6,8-9,11-12,14,17H,3,7,10,13,15H2,1-2H3/t17-/m1/s1. The predicted molar refractivity (Wildman–Crippen MR) is 109 cm³/mol. The Bertz CT molecular complexity index is 1030. The molecule has 28 heavy (non-hydrogen) atoms. The average Bonchev–Trinajstić information content (AvgIpc) is 3.13. The third-order valence-electron chi connectivity index (χ3n) is 5.65. The first-order valence-corrected chi connectivity index (χ1v) is 9.92. The van der Waals surface area contributed by atoms with Crippen molar-refractivity contribution in [3.63, 3.8) is 0 Å². The van der Waals surface area contributed by atoms with Crippen molar-refractivity contribution < 1.29 is 9.59 Å². The van der Waals surface area contributed by atoms with Gasteiger partial charge in [0.05, 0.1) is 5.69 Å². The van der Waals surface area contributed by atoms with Crippen LogP contribution in [0.4, 0.5) is 0 Å². The molecule has 1 saturated heterocycles. The lowest BCUT2D eigenvalue weighted by molar-refractivity contribution is 0.0628. The SMILES string of the molecule is CCc1cc(C(=O)N2CCC[C@@H](C(=O)c3cccc4ccccc34)C2)n(C)n1. The summed E-state index contributed by atoms with van der Waals surface area (Å²) in [6.07, 6.45) is 2.45. The van der Waals surface area contributed by atoms with Crippen LogP contribution in [-0.4, -0.2) is 39.5 Å². The Labute approximate surface area is 165 Å². The molecule has 1 aliphatic heterocycles. The molecule has 0 bridgehead atoms. The van der Waals surface area contributed by atoms with Crippen LogP contribution >= 0.6 is 0 Å². The van der Waals surface area contributed by atoms with Gasteiger partial charge in [0.25, 0.3) is 5.91 Å². The van der Waals surface area contributed by atoms with Crippen LogP contribution in [0.2, 0.25) is 0 Å². The van der Waals surface area contributed by atoms with E-state index in [4.69, 9.17) is 0 Å². The van der Waals surface area contributed by atoms with Crippen LogP contribution < -0.4 is 0 Å². The number of nitrogens with zero attached hydrogens (tertiary/aromatic N) is 3. The molecule has 144 valence electrons. The van der Waals surface area contributed by atoms with Gasteiger partial charge >= 0.3 is 0 Å². The van der Waals surface area contributed by atoms with E-state index in [-0.39, 0.29) is 17.6 Å². The number of likely N-dealkylation sites (tertiary alicyclic amines) is 1. The van der Waals surface area contributed by atoms with Crippen LogP contribution in [0.5, 0.6) is 0 Å². The van der Waals surface area contributed by atoms with E-state index in [9.17, 15) is 9.59 Å². The first kappa shape index (κ1) is 18.4. The van der Waals surface area contributed by atoms with E-state index in [1.807, 2.05) is 60.4 Å². The average molecular weight is 375 g/mol. The molecular weight excluding hydrogens is 350 g/mol. The number of ketones is 1. The number of amides is 1. The summed E-state index contributed by atoms with van der Waals surface area (Å²) in [6, 6.07) is 15.7. The van der Waals surface area contributed by atoms with Crippen molar-refractivity contribution in [1.29, 1.82) is 0 Å². The van der Waals surface area contributed by atoms with Crippen LogP contribution in [0.25, 0.3) is 10.8 Å². The summed E-state index contributed by atoms with van der Waals surface area (Å²) in [6.45, 7) is 3.18. The van der Waals surface area contributed by atoms with Gasteiger partial charge in [-0.15, -0.1) is 0 Å². The Kier molecular flexibility index (Phi) is 4.99. The van der Waals surface area contributed by atoms with Gasteiger partial charge in [-0.25, -0.2) is 0 Å². The van der Waals surface area contributed by atoms with Gasteiger partial charge < -0.3 is 4.90 Å². The Morgan fingerprint density at radius 2 is 1.93 bits per heavy atom. The van der Waals surface area contributed by atoms with Crippen molar-refractivity contribution in [2.45, 2.75) is 26.2 Å². The smallest absolute Gasteiger partial charge is 0.272 e. The largest absolute Gasteiger partial charge is 0.337 e. The first-order chi connectivity index (χ1) is 13.6. The second-order valence-electron chi connectivity index (χ2n) is 7.48. The molecule has 1 atom stereocenters. The van der Waals surface area contributed by atoms with Gasteiger partial charge in [-0.2, -0.15) is 5.10 Å². The fourth-order valence-corrected chi connectivity index (χ4v) is 4.10. The van der Waals surface area contributed by atoms with E-state index in [0.717, 1.165) is 41.3 Å². The van der Waals surface area contributed by atoms with Crippen LogP contribution in [0, 0.1) is 5.92 Å². The molecular formula is C23H25N3O2. The molecule has 5 heteroatoms. The first-order valence-electron chi connectivity index (χ1n) is 9.92. The van der Waals surface area contributed by atoms with E-state index in [1.165, 1.54) is 0 Å². The molecule has 4 rings (SSSR count). The molecule has 0 saturated carbocycles. The molecule has 2 aromatic carbocycles. The predicted octanol–water partition coefficient (Wildman–Crippen LogP) is 3.87. The highest BCUT2D eigenvalue weighted by Crippen LogP contribution is 2.26. The number of hydrogen-bond acceptors (Lipinski definition) is 3. The quantitative estimate of drug-likeness (QED) is 0.651. The maximum atomic E-state index is 13.3. The zero-order valence-electron chi connectivity index (χ0n) is 16.4. The summed E-state index contributed by atoms with van der Waals surface area (Å²) >= 11 is 0. The molecule has 0 aliphatic carbocycles. The van der Waals surface area contributed by atoms with Crippen LogP contribution in [-0.2, 0) is 13.5 Å². The molecule has 3 aromatic rings. The number of Topliss-reactive ketones (excluding diaryl/α,β-unsaturated/α-hetero) is 1. The van der Waals surface area contributed by atoms with Crippen molar-refractivity contribution in [2.75, 3.05) is 13.1 Å². The van der Waals surface area contributed by atoms with Gasteiger partial charge in [-0.3, -0.25) is 14.3 Å². The number of benzene rings is 2. The number of fused-ring (bicyclic) bond motifs is 1. The normalized spacial score (nSPS) is 17.1. The molecule has 2 heterocycles. The number of rotatable bonds is 4. The number of carbonyl (C=O) groups excluding carboxylic acids is 2. The second-order valence-corrected chi connectivity index (χ2v) is 7.48. The molecule has 1 aromatic heterocycles. The van der Waals surface area contributed by atoms with Gasteiger partial charge in [0.1, 0.15) is 5.69 Å². The summed E-state index contributed by atoms with van der Waals surface area (Å²) in [5.74, 6) is -0.0685. The van der Waals surface area contributed by atoms with Crippen molar-refractivity contribution in [3.05, 3.63) is 65.5 Å². The van der Waals surface area contributed by atoms with Crippen LogP contribution in [0.1, 0.15) is 46.3 Å². The lowest BCUT2D eigenvalue weighted by Crippen LogP contribution is -2.43. The summed E-state index contributed by atoms with van der Waals surface area (Å²) in [4.78, 5) is 28.1. The minimum absolute atomic E-state index is 0.0369. The van der Waals surface area contributed by atoms with E-state index in [2.05, 4.69) is 5.10 Å². The van der Waals surface area contributed by atoms with Gasteiger partial charge in [0.15, 0.2) is 5.78 Å². The number of aryl methyl sites for hydroxylation is 2. The van der Waals surface area contributed by atoms with Gasteiger partial charge in [0, 0.05) is 31.6 Å².